The predicted molar refractivity (Wildman–Crippen MR) is 55.5 cm³/mol. The van der Waals surface area contributed by atoms with Crippen molar-refractivity contribution in [2.75, 3.05) is 13.1 Å². The number of nitrogens with zero attached hydrogens (tertiary/aromatic N) is 2. The van der Waals surface area contributed by atoms with E-state index in [4.69, 9.17) is 10.9 Å². The van der Waals surface area contributed by atoms with Crippen molar-refractivity contribution in [1.82, 2.24) is 4.90 Å². The van der Waals surface area contributed by atoms with Gasteiger partial charge in [-0.1, -0.05) is 12.1 Å². The van der Waals surface area contributed by atoms with Crippen LogP contribution in [0.3, 0.4) is 0 Å². The standard InChI is InChI=1S/C9H16F3N3O2/c1-3-6(7(13)14-17)8(16)15(4-2)5-9(10,11)12/h6,17H,3-5H2,1-2H3,(H2,13,14). The quantitative estimate of drug-likeness (QED) is 0.335. The number of nitrogens with two attached hydrogens (primary N) is 1. The minimum atomic E-state index is -4.46. The lowest BCUT2D eigenvalue weighted by Gasteiger charge is -2.25. The summed E-state index contributed by atoms with van der Waals surface area (Å²) in [6, 6.07) is 0. The summed E-state index contributed by atoms with van der Waals surface area (Å²) in [4.78, 5) is 12.4. The van der Waals surface area contributed by atoms with Crippen LogP contribution < -0.4 is 5.73 Å². The van der Waals surface area contributed by atoms with Crippen molar-refractivity contribution >= 4 is 11.7 Å². The number of rotatable bonds is 5. The second kappa shape index (κ2) is 6.31. The summed E-state index contributed by atoms with van der Waals surface area (Å²) in [5, 5.41) is 11.1. The van der Waals surface area contributed by atoms with E-state index in [1.54, 1.807) is 6.92 Å². The molecule has 100 valence electrons. The summed E-state index contributed by atoms with van der Waals surface area (Å²) in [5.41, 5.74) is 5.26. The number of oxime groups is 1. The fourth-order valence-electron chi connectivity index (χ4n) is 1.36. The lowest BCUT2D eigenvalue weighted by molar-refractivity contribution is -0.162. The maximum atomic E-state index is 12.2. The molecule has 1 atom stereocenters. The van der Waals surface area contributed by atoms with E-state index < -0.39 is 24.5 Å². The van der Waals surface area contributed by atoms with Gasteiger partial charge in [0.05, 0.1) is 5.92 Å². The molecule has 0 aliphatic carbocycles. The molecule has 0 spiro atoms. The number of alkyl halides is 3. The van der Waals surface area contributed by atoms with Gasteiger partial charge in [-0.3, -0.25) is 4.79 Å². The van der Waals surface area contributed by atoms with Crippen LogP contribution in [0.25, 0.3) is 0 Å². The molecular weight excluding hydrogens is 239 g/mol. The molecular formula is C9H16F3N3O2. The number of hydrogen-bond donors (Lipinski definition) is 2. The Morgan fingerprint density at radius 3 is 2.29 bits per heavy atom. The van der Waals surface area contributed by atoms with Gasteiger partial charge in [0.2, 0.25) is 5.91 Å². The van der Waals surface area contributed by atoms with Gasteiger partial charge in [-0.15, -0.1) is 0 Å². The van der Waals surface area contributed by atoms with Crippen molar-refractivity contribution < 1.29 is 23.2 Å². The Balaban J connectivity index is 4.84. The summed E-state index contributed by atoms with van der Waals surface area (Å²) in [6.45, 7) is 1.58. The van der Waals surface area contributed by atoms with E-state index in [-0.39, 0.29) is 18.8 Å². The first-order valence-electron chi connectivity index (χ1n) is 5.09. The van der Waals surface area contributed by atoms with Crippen molar-refractivity contribution in [2.24, 2.45) is 16.8 Å². The van der Waals surface area contributed by atoms with Crippen molar-refractivity contribution in [3.8, 4) is 0 Å². The molecule has 0 aliphatic rings. The first-order chi connectivity index (χ1) is 7.76. The molecule has 1 amide bonds. The molecule has 1 unspecified atom stereocenters. The Labute approximate surface area is 97.1 Å². The number of amidine groups is 1. The van der Waals surface area contributed by atoms with Gasteiger partial charge in [0.25, 0.3) is 0 Å². The predicted octanol–water partition coefficient (Wildman–Crippen LogP) is 1.17. The first-order valence-corrected chi connectivity index (χ1v) is 5.09. The molecule has 0 aliphatic heterocycles. The van der Waals surface area contributed by atoms with Gasteiger partial charge in [0.15, 0.2) is 5.84 Å². The summed E-state index contributed by atoms with van der Waals surface area (Å²) >= 11 is 0. The minimum Gasteiger partial charge on any atom is -0.409 e. The average molecular weight is 255 g/mol. The lowest BCUT2D eigenvalue weighted by Crippen LogP contribution is -2.45. The van der Waals surface area contributed by atoms with Crippen LogP contribution in [0.4, 0.5) is 13.2 Å². The Morgan fingerprint density at radius 2 is 2.00 bits per heavy atom. The van der Waals surface area contributed by atoms with E-state index >= 15 is 0 Å². The molecule has 3 N–H and O–H groups in total. The molecule has 0 heterocycles. The van der Waals surface area contributed by atoms with Crippen molar-refractivity contribution in [3.63, 3.8) is 0 Å². The van der Waals surface area contributed by atoms with Crippen LogP contribution >= 0.6 is 0 Å². The number of halogens is 3. The van der Waals surface area contributed by atoms with E-state index in [2.05, 4.69) is 5.16 Å². The van der Waals surface area contributed by atoms with Crippen LogP contribution in [-0.4, -0.2) is 41.1 Å². The fraction of sp³-hybridized carbons (Fsp3) is 0.778. The van der Waals surface area contributed by atoms with Gasteiger partial charge in [-0.2, -0.15) is 13.2 Å². The largest absolute Gasteiger partial charge is 0.409 e. The molecule has 0 saturated carbocycles. The normalized spacial score (nSPS) is 14.5. The average Bonchev–Trinajstić information content (AvgIpc) is 2.25. The van der Waals surface area contributed by atoms with Gasteiger partial charge in [-0.05, 0) is 13.3 Å². The fourth-order valence-corrected chi connectivity index (χ4v) is 1.36. The molecule has 0 fully saturated rings. The zero-order valence-corrected chi connectivity index (χ0v) is 9.66. The summed E-state index contributed by atoms with van der Waals surface area (Å²) < 4.78 is 36.6. The van der Waals surface area contributed by atoms with Gasteiger partial charge >= 0.3 is 6.18 Å². The zero-order chi connectivity index (χ0) is 13.6. The highest BCUT2D eigenvalue weighted by Crippen LogP contribution is 2.18. The second-order valence-electron chi connectivity index (χ2n) is 3.45. The van der Waals surface area contributed by atoms with Crippen LogP contribution in [0.15, 0.2) is 5.16 Å². The lowest BCUT2D eigenvalue weighted by atomic mass is 10.0. The molecule has 5 nitrogen and oxygen atoms in total. The summed E-state index contributed by atoms with van der Waals surface area (Å²) in [7, 11) is 0. The Bertz CT molecular complexity index is 292. The molecule has 0 bridgehead atoms. The van der Waals surface area contributed by atoms with Gasteiger partial charge < -0.3 is 15.8 Å². The van der Waals surface area contributed by atoms with E-state index in [0.29, 0.717) is 4.90 Å². The van der Waals surface area contributed by atoms with Crippen LogP contribution in [0, 0.1) is 5.92 Å². The van der Waals surface area contributed by atoms with Crippen LogP contribution in [-0.2, 0) is 4.79 Å². The summed E-state index contributed by atoms with van der Waals surface area (Å²) in [6.07, 6.45) is -4.29. The smallest absolute Gasteiger partial charge is 0.406 e. The van der Waals surface area contributed by atoms with Crippen LogP contribution in [0.5, 0.6) is 0 Å². The Morgan fingerprint density at radius 1 is 1.47 bits per heavy atom. The van der Waals surface area contributed by atoms with E-state index in [1.165, 1.54) is 6.92 Å². The van der Waals surface area contributed by atoms with E-state index in [9.17, 15) is 18.0 Å². The van der Waals surface area contributed by atoms with Gasteiger partial charge in [0.1, 0.15) is 6.54 Å². The minimum absolute atomic E-state index is 0.0897. The Hall–Kier alpha value is -1.47. The van der Waals surface area contributed by atoms with E-state index in [1.807, 2.05) is 0 Å². The molecule has 0 aromatic rings. The molecule has 0 rings (SSSR count). The van der Waals surface area contributed by atoms with Crippen molar-refractivity contribution in [3.05, 3.63) is 0 Å². The third kappa shape index (κ3) is 4.92. The van der Waals surface area contributed by atoms with Crippen molar-refractivity contribution in [1.29, 1.82) is 0 Å². The Kier molecular flexibility index (Phi) is 5.77. The monoisotopic (exact) mass is 255 g/mol. The molecule has 0 saturated heterocycles. The highest BCUT2D eigenvalue weighted by Gasteiger charge is 2.35. The highest BCUT2D eigenvalue weighted by atomic mass is 19.4. The number of carbonyl (C=O) groups is 1. The third-order valence-electron chi connectivity index (χ3n) is 2.24. The van der Waals surface area contributed by atoms with Crippen LogP contribution in [0.1, 0.15) is 20.3 Å². The SMILES string of the molecule is CCC(C(=O)N(CC)CC(F)(F)F)C(N)=NO. The van der Waals surface area contributed by atoms with Crippen LogP contribution in [0.2, 0.25) is 0 Å². The molecule has 0 aromatic carbocycles. The maximum absolute atomic E-state index is 12.2. The number of carbonyl (C=O) groups excluding carboxylic acids is 1. The van der Waals surface area contributed by atoms with E-state index in [0.717, 1.165) is 0 Å². The van der Waals surface area contributed by atoms with Gasteiger partial charge in [0, 0.05) is 6.54 Å². The second-order valence-corrected chi connectivity index (χ2v) is 3.45. The molecule has 17 heavy (non-hydrogen) atoms. The summed E-state index contributed by atoms with van der Waals surface area (Å²) in [5.74, 6) is -2.19. The number of amides is 1. The topological polar surface area (TPSA) is 78.9 Å². The first kappa shape index (κ1) is 15.5. The maximum Gasteiger partial charge on any atom is 0.406 e. The molecule has 0 radical (unpaired) electrons. The zero-order valence-electron chi connectivity index (χ0n) is 9.66. The highest BCUT2D eigenvalue weighted by molar-refractivity contribution is 6.02. The third-order valence-corrected chi connectivity index (χ3v) is 2.24. The molecule has 0 aromatic heterocycles. The molecule has 8 heteroatoms. The van der Waals surface area contributed by atoms with Crippen molar-refractivity contribution in [2.45, 2.75) is 26.4 Å². The number of hydrogen-bond acceptors (Lipinski definition) is 3. The van der Waals surface area contributed by atoms with Gasteiger partial charge in [-0.25, -0.2) is 0 Å².